The molecule has 4 heteroatoms. The van der Waals surface area contributed by atoms with Crippen molar-refractivity contribution in [1.82, 2.24) is 0 Å². The predicted octanol–water partition coefficient (Wildman–Crippen LogP) is 4.36. The zero-order chi connectivity index (χ0) is 15.9. The molecule has 0 aliphatic heterocycles. The van der Waals surface area contributed by atoms with Crippen LogP contribution in [0, 0.1) is 0 Å². The van der Waals surface area contributed by atoms with Crippen LogP contribution >= 0.6 is 0 Å². The Morgan fingerprint density at radius 3 is 2.45 bits per heavy atom. The molecule has 0 saturated heterocycles. The van der Waals surface area contributed by atoms with Gasteiger partial charge in [0.05, 0.1) is 11.4 Å². The maximum absolute atomic E-state index is 11.2. The highest BCUT2D eigenvalue weighted by Gasteiger charge is 2.05. The molecule has 22 heavy (non-hydrogen) atoms. The minimum Gasteiger partial charge on any atom is -0.457 e. The summed E-state index contributed by atoms with van der Waals surface area (Å²) in [7, 11) is 0. The Balaban J connectivity index is 2.08. The van der Waals surface area contributed by atoms with Gasteiger partial charge in [-0.1, -0.05) is 25.5 Å². The van der Waals surface area contributed by atoms with Crippen molar-refractivity contribution in [1.29, 1.82) is 0 Å². The van der Waals surface area contributed by atoms with Crippen LogP contribution in [0.2, 0.25) is 0 Å². The fourth-order valence-electron chi connectivity index (χ4n) is 2.14. The number of nitrogens with one attached hydrogen (secondary N) is 1. The number of nitrogen functional groups attached to an aromatic ring is 1. The maximum atomic E-state index is 11.2. The summed E-state index contributed by atoms with van der Waals surface area (Å²) < 4.78 is 5.81. The Hall–Kier alpha value is -2.49. The van der Waals surface area contributed by atoms with Gasteiger partial charge >= 0.3 is 0 Å². The molecule has 3 N–H and O–H groups in total. The smallest absolute Gasteiger partial charge is 0.221 e. The van der Waals surface area contributed by atoms with Crippen LogP contribution in [-0.4, -0.2) is 5.91 Å². The van der Waals surface area contributed by atoms with Crippen LogP contribution in [-0.2, 0) is 11.2 Å². The summed E-state index contributed by atoms with van der Waals surface area (Å²) in [6.07, 6.45) is 3.47. The molecule has 0 bridgehead atoms. The summed E-state index contributed by atoms with van der Waals surface area (Å²) in [6.45, 7) is 3.63. The van der Waals surface area contributed by atoms with Crippen molar-refractivity contribution in [3.05, 3.63) is 48.0 Å². The van der Waals surface area contributed by atoms with E-state index in [1.165, 1.54) is 25.3 Å². The summed E-state index contributed by atoms with van der Waals surface area (Å²) in [5.41, 5.74) is 8.21. The minimum atomic E-state index is -0.163. The molecular weight excluding hydrogens is 276 g/mol. The topological polar surface area (TPSA) is 64.3 Å². The highest BCUT2D eigenvalue weighted by atomic mass is 16.5. The van der Waals surface area contributed by atoms with Gasteiger partial charge < -0.3 is 15.8 Å². The van der Waals surface area contributed by atoms with E-state index >= 15 is 0 Å². The molecule has 0 aliphatic carbocycles. The Morgan fingerprint density at radius 1 is 1.14 bits per heavy atom. The quantitative estimate of drug-likeness (QED) is 0.779. The SMILES string of the molecule is CCCCc1ccc(Oc2ccc(N)c(NC(C)=O)c2)cc1. The third-order valence-corrected chi connectivity index (χ3v) is 3.31. The first kappa shape index (κ1) is 15.9. The normalized spacial score (nSPS) is 10.3. The second-order valence-electron chi connectivity index (χ2n) is 5.28. The first-order chi connectivity index (χ1) is 10.6. The van der Waals surface area contributed by atoms with Gasteiger partial charge in [-0.3, -0.25) is 4.79 Å². The van der Waals surface area contributed by atoms with Gasteiger partial charge in [-0.2, -0.15) is 0 Å². The zero-order valence-corrected chi connectivity index (χ0v) is 13.1. The molecular formula is C18H22N2O2. The lowest BCUT2D eigenvalue weighted by Crippen LogP contribution is -2.08. The van der Waals surface area contributed by atoms with Crippen LogP contribution in [0.15, 0.2) is 42.5 Å². The number of hydrogen-bond acceptors (Lipinski definition) is 3. The number of hydrogen-bond donors (Lipinski definition) is 2. The Kier molecular flexibility index (Phi) is 5.42. The van der Waals surface area contributed by atoms with E-state index in [9.17, 15) is 4.79 Å². The van der Waals surface area contributed by atoms with Gasteiger partial charge in [-0.15, -0.1) is 0 Å². The van der Waals surface area contributed by atoms with E-state index in [4.69, 9.17) is 10.5 Å². The number of anilines is 2. The van der Waals surface area contributed by atoms with Crippen LogP contribution in [0.4, 0.5) is 11.4 Å². The fourth-order valence-corrected chi connectivity index (χ4v) is 2.14. The Morgan fingerprint density at radius 2 is 1.82 bits per heavy atom. The van der Waals surface area contributed by atoms with Crippen molar-refractivity contribution in [3.63, 3.8) is 0 Å². The number of rotatable bonds is 6. The monoisotopic (exact) mass is 298 g/mol. The molecule has 2 rings (SSSR count). The third kappa shape index (κ3) is 4.52. The predicted molar refractivity (Wildman–Crippen MR) is 90.3 cm³/mol. The second kappa shape index (κ2) is 7.50. The van der Waals surface area contributed by atoms with Gasteiger partial charge in [0.25, 0.3) is 0 Å². The summed E-state index contributed by atoms with van der Waals surface area (Å²) >= 11 is 0. The number of carbonyl (C=O) groups excluding carboxylic acids is 1. The summed E-state index contributed by atoms with van der Waals surface area (Å²) in [5, 5.41) is 2.69. The van der Waals surface area contributed by atoms with Crippen molar-refractivity contribution in [2.75, 3.05) is 11.1 Å². The number of benzene rings is 2. The van der Waals surface area contributed by atoms with Crippen LogP contribution in [0.3, 0.4) is 0 Å². The van der Waals surface area contributed by atoms with Crippen LogP contribution in [0.1, 0.15) is 32.3 Å². The van der Waals surface area contributed by atoms with E-state index in [-0.39, 0.29) is 5.91 Å². The van der Waals surface area contributed by atoms with E-state index in [0.29, 0.717) is 17.1 Å². The van der Waals surface area contributed by atoms with Crippen molar-refractivity contribution in [2.24, 2.45) is 0 Å². The third-order valence-electron chi connectivity index (χ3n) is 3.31. The molecule has 2 aromatic rings. The molecule has 0 aromatic heterocycles. The number of ether oxygens (including phenoxy) is 1. The number of amides is 1. The lowest BCUT2D eigenvalue weighted by Gasteiger charge is -2.11. The molecule has 0 radical (unpaired) electrons. The molecule has 2 aromatic carbocycles. The molecule has 1 amide bonds. The fraction of sp³-hybridized carbons (Fsp3) is 0.278. The summed E-state index contributed by atoms with van der Waals surface area (Å²) in [4.78, 5) is 11.2. The lowest BCUT2D eigenvalue weighted by molar-refractivity contribution is -0.114. The van der Waals surface area contributed by atoms with E-state index in [1.807, 2.05) is 12.1 Å². The van der Waals surface area contributed by atoms with E-state index in [0.717, 1.165) is 12.2 Å². The Labute approximate surface area is 131 Å². The lowest BCUT2D eigenvalue weighted by atomic mass is 10.1. The van der Waals surface area contributed by atoms with Gasteiger partial charge in [-0.25, -0.2) is 0 Å². The first-order valence-corrected chi connectivity index (χ1v) is 7.52. The van der Waals surface area contributed by atoms with Crippen molar-refractivity contribution >= 4 is 17.3 Å². The van der Waals surface area contributed by atoms with E-state index in [2.05, 4.69) is 24.4 Å². The standard InChI is InChI=1S/C18H22N2O2/c1-3-4-5-14-6-8-15(9-7-14)22-16-10-11-17(19)18(12-16)20-13(2)21/h6-12H,3-5,19H2,1-2H3,(H,20,21). The highest BCUT2D eigenvalue weighted by molar-refractivity contribution is 5.92. The maximum Gasteiger partial charge on any atom is 0.221 e. The molecule has 4 nitrogen and oxygen atoms in total. The van der Waals surface area contributed by atoms with Gasteiger partial charge in [0.2, 0.25) is 5.91 Å². The number of unbranched alkanes of at least 4 members (excludes halogenated alkanes) is 1. The minimum absolute atomic E-state index is 0.163. The van der Waals surface area contributed by atoms with Crippen molar-refractivity contribution < 1.29 is 9.53 Å². The molecule has 0 atom stereocenters. The molecule has 0 unspecified atom stereocenters. The largest absolute Gasteiger partial charge is 0.457 e. The number of carbonyl (C=O) groups is 1. The van der Waals surface area contributed by atoms with Gasteiger partial charge in [0.1, 0.15) is 11.5 Å². The van der Waals surface area contributed by atoms with E-state index < -0.39 is 0 Å². The molecule has 0 heterocycles. The van der Waals surface area contributed by atoms with Crippen LogP contribution in [0.5, 0.6) is 11.5 Å². The Bertz CT molecular complexity index is 636. The molecule has 0 saturated carbocycles. The number of nitrogens with two attached hydrogens (primary N) is 1. The summed E-state index contributed by atoms with van der Waals surface area (Å²) in [5.74, 6) is 1.24. The molecule has 116 valence electrons. The first-order valence-electron chi connectivity index (χ1n) is 7.52. The van der Waals surface area contributed by atoms with Crippen LogP contribution < -0.4 is 15.8 Å². The highest BCUT2D eigenvalue weighted by Crippen LogP contribution is 2.28. The average Bonchev–Trinajstić information content (AvgIpc) is 2.49. The van der Waals surface area contributed by atoms with Crippen molar-refractivity contribution in [3.8, 4) is 11.5 Å². The van der Waals surface area contributed by atoms with Gasteiger partial charge in [-0.05, 0) is 42.7 Å². The van der Waals surface area contributed by atoms with Gasteiger partial charge in [0, 0.05) is 13.0 Å². The second-order valence-corrected chi connectivity index (χ2v) is 5.28. The van der Waals surface area contributed by atoms with E-state index in [1.54, 1.807) is 18.2 Å². The average molecular weight is 298 g/mol. The molecule has 0 aliphatic rings. The summed E-state index contributed by atoms with van der Waals surface area (Å²) in [6, 6.07) is 13.3. The zero-order valence-electron chi connectivity index (χ0n) is 13.1. The molecule has 0 spiro atoms. The molecule has 0 fully saturated rings. The van der Waals surface area contributed by atoms with Crippen molar-refractivity contribution in [2.45, 2.75) is 33.1 Å². The van der Waals surface area contributed by atoms with Crippen LogP contribution in [0.25, 0.3) is 0 Å². The number of aryl methyl sites for hydroxylation is 1. The van der Waals surface area contributed by atoms with Gasteiger partial charge in [0.15, 0.2) is 0 Å².